The van der Waals surface area contributed by atoms with Crippen LogP contribution in [0.25, 0.3) is 39.0 Å². The van der Waals surface area contributed by atoms with Crippen molar-refractivity contribution >= 4 is 33.4 Å². The van der Waals surface area contributed by atoms with Crippen molar-refractivity contribution < 1.29 is 30.0 Å². The number of imidazole rings is 1. The van der Waals surface area contributed by atoms with Crippen molar-refractivity contribution in [2.75, 3.05) is 0 Å². The van der Waals surface area contributed by atoms with Gasteiger partial charge in [-0.3, -0.25) is 14.8 Å². The summed E-state index contributed by atoms with van der Waals surface area (Å²) in [7, 11) is 0. The minimum absolute atomic E-state index is 0. The molecule has 0 aliphatic rings. The van der Waals surface area contributed by atoms with Crippen molar-refractivity contribution in [3.8, 4) is 11.4 Å². The summed E-state index contributed by atoms with van der Waals surface area (Å²) in [6, 6.07) is 23.8. The average molecular weight is 699 g/mol. The molecule has 5 aromatic rings. The minimum Gasteiger partial charge on any atom is -0.512 e. The predicted molar refractivity (Wildman–Crippen MR) is 156 cm³/mol. The molecule has 0 bridgehead atoms. The molecule has 0 saturated carbocycles. The standard InChI is InChI=1S/C22H16N3.C11H20O2.Ir/c1-14-8-7-9-15(2)20(14)22-23-17-11-4-3-10-16(17)21-24-18-12-5-6-13-19(18)25(21)22;1-10(2,3)8(12)7-9(13)11(4,5)6;/h3-9,11-13H,1-2H3;7,12H,1-6H3;/q-1;;. The molecule has 5 rings (SSSR count). The molecule has 3 aromatic carbocycles. The van der Waals surface area contributed by atoms with Crippen molar-refractivity contribution in [3.05, 3.63) is 89.7 Å². The second-order valence-electron chi connectivity index (χ2n) is 11.8. The molecule has 0 atom stereocenters. The molecule has 2 aromatic heterocycles. The van der Waals surface area contributed by atoms with Crippen LogP contribution in [0.2, 0.25) is 0 Å². The zero-order chi connectivity index (χ0) is 27.8. The number of para-hydroxylation sites is 2. The Morgan fingerprint density at radius 3 is 2.08 bits per heavy atom. The van der Waals surface area contributed by atoms with Crippen LogP contribution < -0.4 is 0 Å². The molecule has 6 heteroatoms. The Morgan fingerprint density at radius 2 is 1.46 bits per heavy atom. The largest absolute Gasteiger partial charge is 0.512 e. The van der Waals surface area contributed by atoms with Gasteiger partial charge in [-0.05, 0) is 42.6 Å². The van der Waals surface area contributed by atoms with E-state index in [0.717, 1.165) is 33.4 Å². The van der Waals surface area contributed by atoms with Crippen LogP contribution in [-0.4, -0.2) is 25.3 Å². The molecule has 2 heterocycles. The van der Waals surface area contributed by atoms with E-state index in [0.29, 0.717) is 0 Å². The van der Waals surface area contributed by atoms with Crippen molar-refractivity contribution in [2.24, 2.45) is 10.8 Å². The van der Waals surface area contributed by atoms with E-state index in [1.54, 1.807) is 0 Å². The zero-order valence-electron chi connectivity index (χ0n) is 23.9. The fourth-order valence-corrected chi connectivity index (χ4v) is 4.16. The smallest absolute Gasteiger partial charge is 0.164 e. The van der Waals surface area contributed by atoms with Gasteiger partial charge in [0.15, 0.2) is 5.78 Å². The van der Waals surface area contributed by atoms with Gasteiger partial charge in [-0.25, -0.2) is 0 Å². The van der Waals surface area contributed by atoms with Crippen molar-refractivity contribution in [1.29, 1.82) is 0 Å². The summed E-state index contributed by atoms with van der Waals surface area (Å²) >= 11 is 0. The molecule has 0 amide bonds. The Morgan fingerprint density at radius 1 is 0.846 bits per heavy atom. The molecule has 0 aliphatic carbocycles. The summed E-state index contributed by atoms with van der Waals surface area (Å²) in [5.41, 5.74) is 6.70. The maximum atomic E-state index is 11.5. The zero-order valence-corrected chi connectivity index (χ0v) is 26.3. The number of rotatable bonds is 2. The van der Waals surface area contributed by atoms with E-state index in [1.165, 1.54) is 22.8 Å². The topological polar surface area (TPSA) is 67.5 Å². The van der Waals surface area contributed by atoms with E-state index in [-0.39, 0.29) is 37.1 Å². The number of fused-ring (bicyclic) bond motifs is 5. The maximum Gasteiger partial charge on any atom is 0.164 e. The summed E-state index contributed by atoms with van der Waals surface area (Å²) in [6.45, 7) is 15.4. The van der Waals surface area contributed by atoms with Crippen LogP contribution >= 0.6 is 0 Å². The number of hydrogen-bond donors (Lipinski definition) is 1. The molecule has 39 heavy (non-hydrogen) atoms. The van der Waals surface area contributed by atoms with E-state index in [2.05, 4.69) is 48.6 Å². The first kappa shape index (κ1) is 30.2. The summed E-state index contributed by atoms with van der Waals surface area (Å²) in [5.74, 6) is 1.04. The fourth-order valence-electron chi connectivity index (χ4n) is 4.16. The van der Waals surface area contributed by atoms with E-state index in [9.17, 15) is 9.90 Å². The predicted octanol–water partition coefficient (Wildman–Crippen LogP) is 8.21. The quantitative estimate of drug-likeness (QED) is 0.115. The first-order chi connectivity index (χ1) is 17.8. The Kier molecular flexibility index (Phi) is 8.84. The molecule has 5 nitrogen and oxygen atoms in total. The molecule has 1 radical (unpaired) electrons. The van der Waals surface area contributed by atoms with Gasteiger partial charge in [0.1, 0.15) is 11.6 Å². The third-order valence-corrected chi connectivity index (χ3v) is 6.54. The molecular weight excluding hydrogens is 663 g/mol. The number of aryl methyl sites for hydroxylation is 2. The maximum absolute atomic E-state index is 11.5. The van der Waals surface area contributed by atoms with E-state index < -0.39 is 5.41 Å². The number of hydrogen-bond acceptors (Lipinski definition) is 4. The average Bonchev–Trinajstić information content (AvgIpc) is 3.23. The number of carbonyl (C=O) groups is 1. The molecule has 0 unspecified atom stereocenters. The van der Waals surface area contributed by atoms with Gasteiger partial charge in [0.25, 0.3) is 0 Å². The van der Waals surface area contributed by atoms with Gasteiger partial charge < -0.3 is 9.51 Å². The number of ketones is 1. The monoisotopic (exact) mass is 699 g/mol. The first-order valence-corrected chi connectivity index (χ1v) is 12.9. The summed E-state index contributed by atoms with van der Waals surface area (Å²) in [6.07, 6.45) is 1.33. The van der Waals surface area contributed by atoms with Gasteiger partial charge in [-0.2, -0.15) is 0 Å². The van der Waals surface area contributed by atoms with Crippen molar-refractivity contribution in [1.82, 2.24) is 14.4 Å². The van der Waals surface area contributed by atoms with Crippen LogP contribution in [0.3, 0.4) is 0 Å². The first-order valence-electron chi connectivity index (χ1n) is 12.9. The van der Waals surface area contributed by atoms with Gasteiger partial charge in [0.05, 0.1) is 16.7 Å². The molecule has 1 N–H and O–H groups in total. The normalized spacial score (nSPS) is 12.3. The van der Waals surface area contributed by atoms with Crippen LogP contribution in [0.15, 0.2) is 72.5 Å². The van der Waals surface area contributed by atoms with Crippen LogP contribution in [0.1, 0.15) is 52.7 Å². The van der Waals surface area contributed by atoms with Crippen LogP contribution in [0, 0.1) is 30.7 Å². The van der Waals surface area contributed by atoms with Crippen LogP contribution in [0.5, 0.6) is 0 Å². The number of aromatic nitrogens is 3. The molecular formula is C33H36IrN3O2-. The van der Waals surface area contributed by atoms with E-state index >= 15 is 0 Å². The fraction of sp³-hybridized carbons (Fsp3) is 0.303. The van der Waals surface area contributed by atoms with Crippen LogP contribution in [0.4, 0.5) is 0 Å². The van der Waals surface area contributed by atoms with Gasteiger partial charge >= 0.3 is 0 Å². The summed E-state index contributed by atoms with van der Waals surface area (Å²) in [5, 5.41) is 10.5. The minimum atomic E-state index is -0.417. The third-order valence-electron chi connectivity index (χ3n) is 6.54. The van der Waals surface area contributed by atoms with Gasteiger partial charge in [-0.1, -0.05) is 77.3 Å². The van der Waals surface area contributed by atoms with Crippen LogP contribution in [-0.2, 0) is 24.9 Å². The number of allylic oxidation sites excluding steroid dienone is 2. The van der Waals surface area contributed by atoms with Gasteiger partial charge in [0, 0.05) is 42.6 Å². The van der Waals surface area contributed by atoms with Gasteiger partial charge in [-0.15, -0.1) is 24.3 Å². The van der Waals surface area contributed by atoms with Crippen molar-refractivity contribution in [3.63, 3.8) is 0 Å². The SMILES string of the molecule is CC(C)(C)C(=O)C=C(O)C(C)(C)C.Cc1cccc(C)c1-c1nc2ccc[c-]c2c2nc3ccccc3n12.[Ir]. The number of carbonyl (C=O) groups excluding carboxylic acids is 1. The second-order valence-corrected chi connectivity index (χ2v) is 11.8. The van der Waals surface area contributed by atoms with Gasteiger partial charge in [0.2, 0.25) is 0 Å². The Bertz CT molecular complexity index is 1660. The molecule has 0 saturated heterocycles. The number of benzene rings is 3. The molecule has 0 spiro atoms. The Balaban J connectivity index is 0.000000260. The molecule has 205 valence electrons. The number of nitrogens with zero attached hydrogens (tertiary/aromatic N) is 3. The number of aliphatic hydroxyl groups excluding tert-OH is 1. The van der Waals surface area contributed by atoms with E-state index in [1.807, 2.05) is 77.9 Å². The Hall–Kier alpha value is -3.34. The summed E-state index contributed by atoms with van der Waals surface area (Å²) < 4.78 is 2.17. The van der Waals surface area contributed by atoms with E-state index in [4.69, 9.17) is 9.97 Å². The number of aliphatic hydroxyl groups is 1. The molecule has 0 fully saturated rings. The Labute approximate surface area is 244 Å². The third kappa shape index (κ3) is 6.29. The van der Waals surface area contributed by atoms with Crippen molar-refractivity contribution in [2.45, 2.75) is 55.4 Å². The summed E-state index contributed by atoms with van der Waals surface area (Å²) in [4.78, 5) is 21.4. The second kappa shape index (κ2) is 11.4. The molecule has 0 aliphatic heterocycles.